The van der Waals surface area contributed by atoms with Crippen molar-refractivity contribution in [3.05, 3.63) is 41.0 Å². The number of carbonyl (C=O) groups is 2. The molecule has 0 bridgehead atoms. The van der Waals surface area contributed by atoms with E-state index in [1.54, 1.807) is 12.1 Å². The topological polar surface area (TPSA) is 196 Å². The van der Waals surface area contributed by atoms with E-state index in [0.717, 1.165) is 0 Å². The fraction of sp³-hybridized carbons (Fsp3) is 0.588. The van der Waals surface area contributed by atoms with E-state index in [1.165, 1.54) is 14.2 Å². The second kappa shape index (κ2) is 12.7. The molecule has 50 heavy (non-hydrogen) atoms. The predicted molar refractivity (Wildman–Crippen MR) is 163 cm³/mol. The zero-order valence-corrected chi connectivity index (χ0v) is 27.5. The van der Waals surface area contributed by atoms with E-state index in [9.17, 15) is 19.8 Å². The molecule has 2 aliphatic carbocycles. The van der Waals surface area contributed by atoms with E-state index >= 15 is 0 Å². The van der Waals surface area contributed by atoms with Gasteiger partial charge in [-0.25, -0.2) is 4.79 Å². The lowest BCUT2D eigenvalue weighted by Crippen LogP contribution is -2.56. The monoisotopic (exact) mass is 702 g/mol. The number of esters is 1. The first-order valence-electron chi connectivity index (χ1n) is 16.4. The van der Waals surface area contributed by atoms with Crippen molar-refractivity contribution < 1.29 is 77.0 Å². The molecule has 16 nitrogen and oxygen atoms in total. The van der Waals surface area contributed by atoms with Crippen LogP contribution in [0.1, 0.15) is 42.1 Å². The molecule has 6 aliphatic rings. The van der Waals surface area contributed by atoms with Crippen molar-refractivity contribution in [3.8, 4) is 28.7 Å². The molecule has 0 amide bonds. The van der Waals surface area contributed by atoms with Gasteiger partial charge in [-0.15, -0.1) is 0 Å². The Hall–Kier alpha value is -3.90. The largest absolute Gasteiger partial charge is 0.514 e. The van der Waals surface area contributed by atoms with Gasteiger partial charge in [-0.2, -0.15) is 0 Å². The Morgan fingerprint density at radius 1 is 1.02 bits per heavy atom. The highest BCUT2D eigenvalue weighted by molar-refractivity contribution is 5.79. The molecule has 11 atom stereocenters. The van der Waals surface area contributed by atoms with Gasteiger partial charge in [0.15, 0.2) is 35.6 Å². The molecule has 4 fully saturated rings. The van der Waals surface area contributed by atoms with Gasteiger partial charge in [0.2, 0.25) is 12.5 Å². The SMILES string of the molecule is COc1cc(C2c3cc4c(cc3C(OC3OC5COC(C)OC5C5CC35O)C3COC(=O)C23)OCO4)cc(OC)c1OC(=O)OCC(O)CO. The number of aliphatic hydroxyl groups excluding tert-OH is 2. The minimum Gasteiger partial charge on any atom is -0.493 e. The molecule has 3 saturated heterocycles. The van der Waals surface area contributed by atoms with Crippen molar-refractivity contribution in [2.24, 2.45) is 17.8 Å². The minimum atomic E-state index is -1.28. The number of aliphatic hydroxyl groups is 3. The van der Waals surface area contributed by atoms with E-state index < -0.39 is 79.6 Å². The van der Waals surface area contributed by atoms with Gasteiger partial charge in [0.25, 0.3) is 0 Å². The van der Waals surface area contributed by atoms with Gasteiger partial charge in [-0.05, 0) is 54.3 Å². The Morgan fingerprint density at radius 3 is 2.44 bits per heavy atom. The molecule has 2 aromatic rings. The molecule has 3 N–H and O–H groups in total. The van der Waals surface area contributed by atoms with Crippen LogP contribution in [0.3, 0.4) is 0 Å². The lowest BCUT2D eigenvalue weighted by molar-refractivity contribution is -0.343. The summed E-state index contributed by atoms with van der Waals surface area (Å²) in [7, 11) is 2.76. The molecule has 2 aromatic carbocycles. The molecule has 0 aromatic heterocycles. The Labute approximate surface area is 285 Å². The summed E-state index contributed by atoms with van der Waals surface area (Å²) in [5, 5.41) is 30.2. The number of hydrogen-bond donors (Lipinski definition) is 3. The molecule has 0 radical (unpaired) electrons. The molecular formula is C34H38O16. The number of fused-ring (bicyclic) bond motifs is 6. The number of methoxy groups -OCH3 is 2. The smallest absolute Gasteiger partial charge is 0.493 e. The van der Waals surface area contributed by atoms with Crippen LogP contribution in [0.4, 0.5) is 4.79 Å². The maximum atomic E-state index is 13.7. The maximum absolute atomic E-state index is 13.7. The Kier molecular flexibility index (Phi) is 8.45. The van der Waals surface area contributed by atoms with Crippen molar-refractivity contribution in [2.45, 2.75) is 61.9 Å². The minimum absolute atomic E-state index is 0.0110. The summed E-state index contributed by atoms with van der Waals surface area (Å²) in [6.07, 6.45) is -4.96. The van der Waals surface area contributed by atoms with E-state index in [-0.39, 0.29) is 42.7 Å². The Bertz CT molecular complexity index is 1640. The molecule has 4 heterocycles. The second-order valence-corrected chi connectivity index (χ2v) is 13.3. The van der Waals surface area contributed by atoms with Crippen molar-refractivity contribution in [1.29, 1.82) is 0 Å². The van der Waals surface area contributed by atoms with Crippen molar-refractivity contribution >= 4 is 12.1 Å². The number of rotatable bonds is 9. The van der Waals surface area contributed by atoms with Crippen LogP contribution < -0.4 is 23.7 Å². The number of benzene rings is 2. The standard InChI is InChI=1S/C34H38O16/c1-14-42-12-25-29(47-14)20-8-34(20,39)32(48-25)49-28-18-7-22-21(45-13-46-22)6-17(18)26(27-19(28)11-43-31(27)37)15-4-23(40-2)30(24(5-15)41-3)50-33(38)44-10-16(36)9-35/h4-7,14,16,19-20,25-29,32,35-36,39H,8-13H2,1-3H3. The third-order valence-electron chi connectivity index (χ3n) is 10.4. The second-order valence-electron chi connectivity index (χ2n) is 13.3. The summed E-state index contributed by atoms with van der Waals surface area (Å²) in [5.74, 6) is -1.48. The fourth-order valence-corrected chi connectivity index (χ4v) is 7.87. The van der Waals surface area contributed by atoms with Crippen LogP contribution in [0.15, 0.2) is 24.3 Å². The maximum Gasteiger partial charge on any atom is 0.514 e. The first kappa shape index (κ1) is 33.3. The third-order valence-corrected chi connectivity index (χ3v) is 10.4. The van der Waals surface area contributed by atoms with E-state index in [0.29, 0.717) is 41.2 Å². The van der Waals surface area contributed by atoms with Gasteiger partial charge in [-0.3, -0.25) is 4.79 Å². The first-order valence-corrected chi connectivity index (χ1v) is 16.4. The van der Waals surface area contributed by atoms with Crippen LogP contribution in [0.25, 0.3) is 0 Å². The summed E-state index contributed by atoms with van der Waals surface area (Å²) in [6, 6.07) is 6.89. The molecule has 8 rings (SSSR count). The van der Waals surface area contributed by atoms with Crippen molar-refractivity contribution in [1.82, 2.24) is 0 Å². The fourth-order valence-electron chi connectivity index (χ4n) is 7.87. The van der Waals surface area contributed by atoms with E-state index in [1.807, 2.05) is 19.1 Å². The highest BCUT2D eigenvalue weighted by Gasteiger charge is 2.70. The highest BCUT2D eigenvalue weighted by Crippen LogP contribution is 2.60. The molecule has 0 spiro atoms. The van der Waals surface area contributed by atoms with Crippen molar-refractivity contribution in [3.63, 3.8) is 0 Å². The normalized spacial score (nSPS) is 35.1. The molecule has 1 saturated carbocycles. The predicted octanol–water partition coefficient (Wildman–Crippen LogP) is 1.53. The quantitative estimate of drug-likeness (QED) is 0.251. The summed E-state index contributed by atoms with van der Waals surface area (Å²) in [6.45, 7) is 1.06. The van der Waals surface area contributed by atoms with E-state index in [2.05, 4.69) is 0 Å². The van der Waals surface area contributed by atoms with Gasteiger partial charge in [-0.1, -0.05) is 0 Å². The van der Waals surface area contributed by atoms with Crippen LogP contribution in [0.2, 0.25) is 0 Å². The number of hydrogen-bond acceptors (Lipinski definition) is 16. The molecule has 4 aliphatic heterocycles. The van der Waals surface area contributed by atoms with Crippen LogP contribution in [0.5, 0.6) is 28.7 Å². The van der Waals surface area contributed by atoms with Crippen LogP contribution in [-0.2, 0) is 33.2 Å². The summed E-state index contributed by atoms with van der Waals surface area (Å²) in [5.41, 5.74) is 0.671. The average Bonchev–Trinajstić information content (AvgIpc) is 3.40. The van der Waals surface area contributed by atoms with Gasteiger partial charge in [0.05, 0.1) is 52.2 Å². The van der Waals surface area contributed by atoms with Crippen LogP contribution in [-0.4, -0.2) is 111 Å². The van der Waals surface area contributed by atoms with Crippen LogP contribution >= 0.6 is 0 Å². The summed E-state index contributed by atoms with van der Waals surface area (Å²) < 4.78 is 63.4. The van der Waals surface area contributed by atoms with Crippen molar-refractivity contribution in [2.75, 3.05) is 47.4 Å². The third kappa shape index (κ3) is 5.49. The molecule has 16 heteroatoms. The van der Waals surface area contributed by atoms with Crippen LogP contribution in [0, 0.1) is 17.8 Å². The van der Waals surface area contributed by atoms with Gasteiger partial charge in [0, 0.05) is 17.8 Å². The first-order chi connectivity index (χ1) is 24.1. The highest BCUT2D eigenvalue weighted by atomic mass is 16.8. The lowest BCUT2D eigenvalue weighted by Gasteiger charge is -2.45. The molecular weight excluding hydrogens is 664 g/mol. The van der Waals surface area contributed by atoms with Gasteiger partial charge in [0.1, 0.15) is 24.4 Å². The average molecular weight is 703 g/mol. The van der Waals surface area contributed by atoms with Gasteiger partial charge < -0.3 is 67.4 Å². The number of carbonyl (C=O) groups excluding carboxylic acids is 2. The number of cyclic esters (lactones) is 1. The Morgan fingerprint density at radius 2 is 1.74 bits per heavy atom. The van der Waals surface area contributed by atoms with E-state index in [4.69, 9.17) is 57.2 Å². The zero-order valence-electron chi connectivity index (χ0n) is 27.5. The zero-order chi connectivity index (χ0) is 34.9. The summed E-state index contributed by atoms with van der Waals surface area (Å²) >= 11 is 0. The Balaban J connectivity index is 1.17. The lowest BCUT2D eigenvalue weighted by atomic mass is 9.66. The summed E-state index contributed by atoms with van der Waals surface area (Å²) in [4.78, 5) is 26.1. The molecule has 270 valence electrons. The molecule has 11 unspecified atom stereocenters. The number of ether oxygens (including phenoxy) is 11. The van der Waals surface area contributed by atoms with Gasteiger partial charge >= 0.3 is 12.1 Å².